The van der Waals surface area contributed by atoms with Crippen molar-refractivity contribution in [3.05, 3.63) is 0 Å². The molecular formula is C3H8ClNO6S. The van der Waals surface area contributed by atoms with Crippen molar-refractivity contribution < 1.29 is 27.4 Å². The van der Waals surface area contributed by atoms with Crippen molar-refractivity contribution in [1.82, 2.24) is 0 Å². The number of aliphatic carboxylic acids is 1. The summed E-state index contributed by atoms with van der Waals surface area (Å²) < 4.78 is 31.6. The first-order valence-corrected chi connectivity index (χ1v) is 4.28. The molecule has 1 atom stereocenters. The summed E-state index contributed by atoms with van der Waals surface area (Å²) in [5.41, 5.74) is 4.86. The summed E-state index contributed by atoms with van der Waals surface area (Å²) in [6.07, 6.45) is 0. The number of alkyl halides is 1. The van der Waals surface area contributed by atoms with Crippen LogP contribution in [0.1, 0.15) is 0 Å². The molecule has 74 valence electrons. The third-order valence-corrected chi connectivity index (χ3v) is 0.840. The lowest BCUT2D eigenvalue weighted by Gasteiger charge is -1.94. The standard InChI is InChI=1S/C3H6ClNO2.H2O4S/c4-2(1-5)3(6)7;1-5(2,3)4/h2H,1,5H2,(H,6,7);(H2,1,2,3,4). The van der Waals surface area contributed by atoms with Gasteiger partial charge in [-0.2, -0.15) is 8.42 Å². The van der Waals surface area contributed by atoms with Crippen molar-refractivity contribution in [1.29, 1.82) is 0 Å². The minimum absolute atomic E-state index is 0.0170. The summed E-state index contributed by atoms with van der Waals surface area (Å²) in [6.45, 7) is -0.0170. The van der Waals surface area contributed by atoms with Gasteiger partial charge in [0, 0.05) is 6.54 Å². The fourth-order valence-electron chi connectivity index (χ4n) is 0.101. The zero-order valence-corrected chi connectivity index (χ0v) is 7.29. The summed E-state index contributed by atoms with van der Waals surface area (Å²) in [5.74, 6) is -1.07. The fraction of sp³-hybridized carbons (Fsp3) is 0.667. The smallest absolute Gasteiger partial charge is 0.394 e. The number of halogens is 1. The second-order valence-corrected chi connectivity index (χ2v) is 2.91. The predicted octanol–water partition coefficient (Wildman–Crippen LogP) is -1.02. The molecule has 0 bridgehead atoms. The molecule has 0 spiro atoms. The molecule has 12 heavy (non-hydrogen) atoms. The van der Waals surface area contributed by atoms with Crippen LogP contribution < -0.4 is 5.73 Å². The molecule has 0 saturated heterocycles. The molecule has 0 radical (unpaired) electrons. The van der Waals surface area contributed by atoms with E-state index in [4.69, 9.17) is 40.0 Å². The van der Waals surface area contributed by atoms with Crippen LogP contribution in [0, 0.1) is 0 Å². The monoisotopic (exact) mass is 221 g/mol. The van der Waals surface area contributed by atoms with E-state index in [1.807, 2.05) is 0 Å². The Morgan fingerprint density at radius 3 is 1.75 bits per heavy atom. The lowest BCUT2D eigenvalue weighted by Crippen LogP contribution is -2.22. The lowest BCUT2D eigenvalue weighted by atomic mass is 10.4. The molecule has 7 nitrogen and oxygen atoms in total. The summed E-state index contributed by atoms with van der Waals surface area (Å²) in [4.78, 5) is 9.72. The van der Waals surface area contributed by atoms with E-state index < -0.39 is 21.7 Å². The van der Waals surface area contributed by atoms with Crippen LogP contribution in [0.15, 0.2) is 0 Å². The Morgan fingerprint density at radius 1 is 1.50 bits per heavy atom. The second-order valence-electron chi connectivity index (χ2n) is 1.49. The van der Waals surface area contributed by atoms with Crippen molar-refractivity contribution >= 4 is 28.0 Å². The highest BCUT2D eigenvalue weighted by Gasteiger charge is 2.08. The molecule has 0 aromatic rings. The minimum atomic E-state index is -4.67. The Hall–Kier alpha value is -0.410. The van der Waals surface area contributed by atoms with Gasteiger partial charge < -0.3 is 10.8 Å². The van der Waals surface area contributed by atoms with E-state index in [1.54, 1.807) is 0 Å². The van der Waals surface area contributed by atoms with Crippen LogP contribution in [0.3, 0.4) is 0 Å². The van der Waals surface area contributed by atoms with E-state index in [-0.39, 0.29) is 6.54 Å². The Kier molecular flexibility index (Phi) is 7.24. The SMILES string of the molecule is NCC(Cl)C(=O)O.O=S(=O)(O)O. The van der Waals surface area contributed by atoms with Gasteiger partial charge in [-0.25, -0.2) is 0 Å². The highest BCUT2D eigenvalue weighted by Crippen LogP contribution is 1.89. The molecule has 0 aromatic heterocycles. The van der Waals surface area contributed by atoms with Crippen molar-refractivity contribution in [3.63, 3.8) is 0 Å². The quantitative estimate of drug-likeness (QED) is 0.346. The summed E-state index contributed by atoms with van der Waals surface area (Å²) in [7, 11) is -4.67. The number of carbonyl (C=O) groups is 1. The molecule has 0 aliphatic carbocycles. The number of hydrogen-bond donors (Lipinski definition) is 4. The number of nitrogens with two attached hydrogens (primary N) is 1. The maximum atomic E-state index is 9.72. The minimum Gasteiger partial charge on any atom is -0.480 e. The van der Waals surface area contributed by atoms with E-state index in [1.165, 1.54) is 0 Å². The Labute approximate surface area is 73.7 Å². The zero-order valence-electron chi connectivity index (χ0n) is 5.71. The lowest BCUT2D eigenvalue weighted by molar-refractivity contribution is -0.136. The van der Waals surface area contributed by atoms with Gasteiger partial charge in [0.2, 0.25) is 0 Å². The average Bonchev–Trinajstić information content (AvgIpc) is 1.82. The van der Waals surface area contributed by atoms with Gasteiger partial charge in [0.05, 0.1) is 0 Å². The molecule has 0 fully saturated rings. The third-order valence-electron chi connectivity index (χ3n) is 0.475. The summed E-state index contributed by atoms with van der Waals surface area (Å²) in [6, 6.07) is 0. The molecular weight excluding hydrogens is 214 g/mol. The van der Waals surface area contributed by atoms with Crippen molar-refractivity contribution in [3.8, 4) is 0 Å². The first-order chi connectivity index (χ1) is 5.18. The van der Waals surface area contributed by atoms with E-state index in [0.29, 0.717) is 0 Å². The largest absolute Gasteiger partial charge is 0.480 e. The van der Waals surface area contributed by atoms with Crippen LogP contribution in [-0.4, -0.2) is 40.5 Å². The summed E-state index contributed by atoms with van der Waals surface area (Å²) >= 11 is 5.08. The molecule has 0 aliphatic heterocycles. The van der Waals surface area contributed by atoms with Crippen LogP contribution in [-0.2, 0) is 15.2 Å². The van der Waals surface area contributed by atoms with Crippen LogP contribution in [0.2, 0.25) is 0 Å². The van der Waals surface area contributed by atoms with Gasteiger partial charge in [-0.05, 0) is 0 Å². The Bertz CT molecular complexity index is 217. The molecule has 0 amide bonds. The third kappa shape index (κ3) is 22.6. The van der Waals surface area contributed by atoms with Crippen LogP contribution in [0.4, 0.5) is 0 Å². The van der Waals surface area contributed by atoms with Gasteiger partial charge in [0.15, 0.2) is 0 Å². The number of hydrogen-bond acceptors (Lipinski definition) is 4. The normalized spacial score (nSPS) is 12.7. The Morgan fingerprint density at radius 2 is 1.75 bits per heavy atom. The van der Waals surface area contributed by atoms with Crippen LogP contribution in [0.5, 0.6) is 0 Å². The molecule has 0 heterocycles. The first-order valence-electron chi connectivity index (χ1n) is 2.45. The number of carboxylic acids is 1. The summed E-state index contributed by atoms with van der Waals surface area (Å²) in [5, 5.41) is 7.04. The van der Waals surface area contributed by atoms with Crippen molar-refractivity contribution in [2.24, 2.45) is 5.73 Å². The fourth-order valence-corrected chi connectivity index (χ4v) is 0.101. The van der Waals surface area contributed by atoms with Gasteiger partial charge in [-0.3, -0.25) is 13.9 Å². The van der Waals surface area contributed by atoms with Crippen LogP contribution >= 0.6 is 11.6 Å². The first kappa shape index (κ1) is 14.1. The molecule has 0 rings (SSSR count). The Balaban J connectivity index is 0. The number of carboxylic acid groups (broad SMARTS) is 1. The topological polar surface area (TPSA) is 138 Å². The van der Waals surface area contributed by atoms with Gasteiger partial charge in [-0.1, -0.05) is 0 Å². The molecule has 1 unspecified atom stereocenters. The van der Waals surface area contributed by atoms with E-state index in [0.717, 1.165) is 0 Å². The van der Waals surface area contributed by atoms with Gasteiger partial charge in [-0.15, -0.1) is 11.6 Å². The van der Waals surface area contributed by atoms with Gasteiger partial charge >= 0.3 is 16.4 Å². The predicted molar refractivity (Wildman–Crippen MR) is 40.5 cm³/mol. The maximum absolute atomic E-state index is 9.72. The van der Waals surface area contributed by atoms with Gasteiger partial charge in [0.25, 0.3) is 0 Å². The van der Waals surface area contributed by atoms with Gasteiger partial charge in [0.1, 0.15) is 5.38 Å². The maximum Gasteiger partial charge on any atom is 0.394 e. The van der Waals surface area contributed by atoms with Crippen LogP contribution in [0.25, 0.3) is 0 Å². The second kappa shape index (κ2) is 6.14. The van der Waals surface area contributed by atoms with Crippen molar-refractivity contribution in [2.75, 3.05) is 6.54 Å². The van der Waals surface area contributed by atoms with Crippen molar-refractivity contribution in [2.45, 2.75) is 5.38 Å². The average molecular weight is 222 g/mol. The molecule has 9 heteroatoms. The molecule has 0 aliphatic rings. The van der Waals surface area contributed by atoms with E-state index in [9.17, 15) is 4.79 Å². The van der Waals surface area contributed by atoms with E-state index in [2.05, 4.69) is 0 Å². The highest BCUT2D eigenvalue weighted by molar-refractivity contribution is 7.79. The zero-order chi connectivity index (χ0) is 10.4. The molecule has 0 saturated carbocycles. The molecule has 5 N–H and O–H groups in total. The molecule has 0 aromatic carbocycles. The van der Waals surface area contributed by atoms with E-state index >= 15 is 0 Å². The highest BCUT2D eigenvalue weighted by atomic mass is 35.5. The number of rotatable bonds is 2.